The number of nitrogen functional groups attached to an aromatic ring is 2. The molecule has 1 saturated heterocycles. The number of aromatic nitrogens is 7. The van der Waals surface area contributed by atoms with Gasteiger partial charge in [0.2, 0.25) is 5.88 Å². The van der Waals surface area contributed by atoms with Crippen molar-refractivity contribution < 1.29 is 23.8 Å². The Balaban J connectivity index is 0.000000281. The number of amides is 2. The van der Waals surface area contributed by atoms with E-state index in [1.54, 1.807) is 35.3 Å². The van der Waals surface area contributed by atoms with Crippen molar-refractivity contribution >= 4 is 83.0 Å². The number of aryl methyl sites for hydroxylation is 1. The Bertz CT molecular complexity index is 2220. The van der Waals surface area contributed by atoms with Crippen LogP contribution < -0.4 is 21.5 Å². The van der Waals surface area contributed by atoms with E-state index in [-0.39, 0.29) is 24.5 Å². The highest BCUT2D eigenvalue weighted by atomic mass is 79.9. The topological polar surface area (TPSA) is 203 Å². The summed E-state index contributed by atoms with van der Waals surface area (Å²) in [4.78, 5) is 41.3. The highest BCUT2D eigenvalue weighted by Gasteiger charge is 2.35. The molecule has 2 amide bonds. The maximum Gasteiger partial charge on any atom is 0.314 e. The molecule has 0 aliphatic carbocycles. The molecule has 5 aromatic rings. The van der Waals surface area contributed by atoms with Gasteiger partial charge in [0.1, 0.15) is 25.1 Å². The summed E-state index contributed by atoms with van der Waals surface area (Å²) >= 11 is 3.47. The van der Waals surface area contributed by atoms with Crippen molar-refractivity contribution in [3.8, 4) is 5.88 Å². The molecule has 314 valence electrons. The van der Waals surface area contributed by atoms with E-state index in [9.17, 15) is 9.59 Å². The first-order chi connectivity index (χ1) is 27.3. The van der Waals surface area contributed by atoms with Gasteiger partial charge in [-0.3, -0.25) is 9.59 Å². The van der Waals surface area contributed by atoms with Crippen LogP contribution in [-0.2, 0) is 32.5 Å². The fraction of sp³-hybridized carbons (Fsp3) is 0.513. The fourth-order valence-corrected chi connectivity index (χ4v) is 8.57. The van der Waals surface area contributed by atoms with Crippen LogP contribution in [0.25, 0.3) is 21.8 Å². The number of piperidine rings is 1. The third-order valence-corrected chi connectivity index (χ3v) is 13.8. The van der Waals surface area contributed by atoms with E-state index in [0.717, 1.165) is 58.2 Å². The molecular formula is C39H58BrN11O5Si2. The zero-order valence-electron chi connectivity index (χ0n) is 35.1. The van der Waals surface area contributed by atoms with Crippen molar-refractivity contribution in [3.63, 3.8) is 0 Å². The highest BCUT2D eigenvalue weighted by molar-refractivity contribution is 9.10. The molecule has 5 aromatic heterocycles. The van der Waals surface area contributed by atoms with Crippen LogP contribution in [0.4, 0.5) is 17.3 Å². The van der Waals surface area contributed by atoms with Gasteiger partial charge < -0.3 is 35.9 Å². The lowest BCUT2D eigenvalue weighted by Gasteiger charge is -2.38. The Labute approximate surface area is 350 Å². The number of carbonyl (C=O) groups is 2. The quantitative estimate of drug-likeness (QED) is 0.0618. The van der Waals surface area contributed by atoms with E-state index in [1.165, 1.54) is 6.20 Å². The molecule has 0 radical (unpaired) electrons. The van der Waals surface area contributed by atoms with Gasteiger partial charge in [-0.2, -0.15) is 10.2 Å². The number of hydrogen-bond acceptors (Lipinski definition) is 12. The summed E-state index contributed by atoms with van der Waals surface area (Å²) in [6.07, 6.45) is 8.15. The molecule has 0 spiro atoms. The maximum atomic E-state index is 13.6. The number of hydrogen-bond donors (Lipinski definition) is 3. The first-order valence-corrected chi connectivity index (χ1v) is 27.7. The molecule has 2 atom stereocenters. The minimum Gasteiger partial charge on any atom is -0.481 e. The van der Waals surface area contributed by atoms with Gasteiger partial charge in [0.25, 0.3) is 0 Å². The molecule has 58 heavy (non-hydrogen) atoms. The summed E-state index contributed by atoms with van der Waals surface area (Å²) in [7, 11) is -0.725. The van der Waals surface area contributed by atoms with Crippen molar-refractivity contribution in [2.24, 2.45) is 5.92 Å². The van der Waals surface area contributed by atoms with Crippen LogP contribution >= 0.6 is 15.9 Å². The second kappa shape index (κ2) is 19.1. The Morgan fingerprint density at radius 1 is 0.862 bits per heavy atom. The average molecular weight is 897 g/mol. The van der Waals surface area contributed by atoms with Gasteiger partial charge in [-0.1, -0.05) is 46.2 Å². The van der Waals surface area contributed by atoms with Crippen LogP contribution in [-0.4, -0.2) is 94.2 Å². The van der Waals surface area contributed by atoms with Crippen molar-refractivity contribution in [2.45, 2.75) is 97.6 Å². The van der Waals surface area contributed by atoms with Crippen LogP contribution in [0.2, 0.25) is 51.4 Å². The van der Waals surface area contributed by atoms with E-state index in [0.29, 0.717) is 48.2 Å². The SMILES string of the molecule is COc1cc([C@H]2CC[C@H](C)CN2C(=O)C(=O)Nc2cnc(N)c3cnn(COCC[Si](C)(C)C)c23)cc(C)n1.C[Si](C)(C)CCOCn1ncc2c(N)ncc(Br)c21. The molecule has 19 heteroatoms. The number of fused-ring (bicyclic) bond motifs is 2. The predicted octanol–water partition coefficient (Wildman–Crippen LogP) is 7.06. The predicted molar refractivity (Wildman–Crippen MR) is 237 cm³/mol. The second-order valence-electron chi connectivity index (χ2n) is 17.3. The molecular weight excluding hydrogens is 839 g/mol. The van der Waals surface area contributed by atoms with Crippen LogP contribution in [0.3, 0.4) is 0 Å². The summed E-state index contributed by atoms with van der Waals surface area (Å²) in [5, 5.41) is 12.9. The number of nitrogens with zero attached hydrogens (tertiary/aromatic N) is 8. The van der Waals surface area contributed by atoms with Crippen LogP contribution in [0.1, 0.15) is 37.1 Å². The minimum absolute atomic E-state index is 0.198. The monoisotopic (exact) mass is 895 g/mol. The van der Waals surface area contributed by atoms with Crippen molar-refractivity contribution in [2.75, 3.05) is 43.7 Å². The number of likely N-dealkylation sites (tertiary alicyclic amines) is 1. The number of carbonyl (C=O) groups excluding carboxylic acids is 2. The highest BCUT2D eigenvalue weighted by Crippen LogP contribution is 2.35. The zero-order chi connectivity index (χ0) is 42.4. The molecule has 6 heterocycles. The van der Waals surface area contributed by atoms with Gasteiger partial charge in [0.15, 0.2) is 0 Å². The van der Waals surface area contributed by atoms with E-state index in [2.05, 4.69) is 92.6 Å². The average Bonchev–Trinajstić information content (AvgIpc) is 3.80. The van der Waals surface area contributed by atoms with Gasteiger partial charge in [0, 0.05) is 53.9 Å². The van der Waals surface area contributed by atoms with Crippen LogP contribution in [0.15, 0.2) is 41.4 Å². The van der Waals surface area contributed by atoms with Crippen LogP contribution in [0, 0.1) is 12.8 Å². The lowest BCUT2D eigenvalue weighted by Crippen LogP contribution is -2.46. The first kappa shape index (κ1) is 44.7. The normalized spacial score (nSPS) is 16.0. The minimum atomic E-state index is -1.24. The number of methoxy groups -OCH3 is 1. The zero-order valence-corrected chi connectivity index (χ0v) is 38.7. The number of anilines is 3. The Hall–Kier alpha value is -4.44. The number of rotatable bonds is 13. The largest absolute Gasteiger partial charge is 0.481 e. The first-order valence-electron chi connectivity index (χ1n) is 19.5. The van der Waals surface area contributed by atoms with Crippen molar-refractivity contribution in [1.82, 2.24) is 39.4 Å². The molecule has 16 nitrogen and oxygen atoms in total. The summed E-state index contributed by atoms with van der Waals surface area (Å²) < 4.78 is 21.3. The molecule has 0 saturated carbocycles. The van der Waals surface area contributed by atoms with E-state index in [1.807, 2.05) is 23.7 Å². The molecule has 6 rings (SSSR count). The third kappa shape index (κ3) is 11.6. The number of halogens is 1. The van der Waals surface area contributed by atoms with Crippen molar-refractivity contribution in [1.29, 1.82) is 0 Å². The number of nitrogens with one attached hydrogen (secondary N) is 1. The van der Waals surface area contributed by atoms with Crippen molar-refractivity contribution in [3.05, 3.63) is 52.7 Å². The smallest absolute Gasteiger partial charge is 0.314 e. The maximum absolute atomic E-state index is 13.6. The lowest BCUT2D eigenvalue weighted by atomic mass is 9.90. The Morgan fingerprint density at radius 3 is 2.02 bits per heavy atom. The molecule has 1 aliphatic rings. The molecule has 5 N–H and O–H groups in total. The third-order valence-electron chi connectivity index (χ3n) is 9.85. The van der Waals surface area contributed by atoms with E-state index < -0.39 is 28.0 Å². The number of pyridine rings is 3. The molecule has 0 unspecified atom stereocenters. The molecule has 0 bridgehead atoms. The molecule has 1 aliphatic heterocycles. The molecule has 1 fully saturated rings. The van der Waals surface area contributed by atoms with Gasteiger partial charge in [-0.25, -0.2) is 24.3 Å². The van der Waals surface area contributed by atoms with E-state index in [4.69, 9.17) is 25.7 Å². The second-order valence-corrected chi connectivity index (χ2v) is 29.3. The lowest BCUT2D eigenvalue weighted by molar-refractivity contribution is -0.146. The Kier molecular flexibility index (Phi) is 14.7. The fourth-order valence-electron chi connectivity index (χ4n) is 6.54. The standard InChI is InChI=1S/C27H39N7O4Si.C12H19BrN4OSi/c1-17-7-8-22(19-11-18(2)31-23(12-19)37-3)33(15-17)27(36)26(35)32-21-14-29-25(28)20-13-30-34(24(20)21)16-38-9-10-39(4,5)6;1-19(2,3)5-4-18-8-17-11-9(6-16-17)12(14)15-7-10(11)13/h11-14,17,22H,7-10,15-16H2,1-6H3,(H2,28,29)(H,32,35);6-7H,4-5,8H2,1-3H3,(H2,14,15)/t17-,22+;/m0./s1. The van der Waals surface area contributed by atoms with E-state index >= 15 is 0 Å². The van der Waals surface area contributed by atoms with Gasteiger partial charge in [0.05, 0.1) is 63.7 Å². The summed E-state index contributed by atoms with van der Waals surface area (Å²) in [5.41, 5.74) is 15.5. The number of nitrogens with two attached hydrogens (primary N) is 2. The van der Waals surface area contributed by atoms with Gasteiger partial charge in [-0.15, -0.1) is 0 Å². The van der Waals surface area contributed by atoms with Crippen LogP contribution in [0.5, 0.6) is 5.88 Å². The summed E-state index contributed by atoms with van der Waals surface area (Å²) in [5.74, 6) is 0.175. The summed E-state index contributed by atoms with van der Waals surface area (Å²) in [6, 6.07) is 5.68. The Morgan fingerprint density at radius 2 is 1.43 bits per heavy atom. The molecule has 0 aromatic carbocycles. The van der Waals surface area contributed by atoms with Gasteiger partial charge in [-0.05, 0) is 65.3 Å². The number of ether oxygens (including phenoxy) is 3. The van der Waals surface area contributed by atoms with Gasteiger partial charge >= 0.3 is 11.8 Å². The summed E-state index contributed by atoms with van der Waals surface area (Å²) in [6.45, 7) is 20.3.